The third-order valence-corrected chi connectivity index (χ3v) is 4.63. The van der Waals surface area contributed by atoms with Crippen LogP contribution in [0, 0.1) is 0 Å². The van der Waals surface area contributed by atoms with E-state index in [9.17, 15) is 4.79 Å². The van der Waals surface area contributed by atoms with Crippen LogP contribution in [0.25, 0.3) is 11.5 Å². The van der Waals surface area contributed by atoms with Crippen LogP contribution in [-0.4, -0.2) is 26.4 Å². The summed E-state index contributed by atoms with van der Waals surface area (Å²) >= 11 is 5.94. The molecule has 5 nitrogen and oxygen atoms in total. The number of aromatic amines is 1. The fourth-order valence-electron chi connectivity index (χ4n) is 3.09. The number of pyridine rings is 1. The van der Waals surface area contributed by atoms with Crippen LogP contribution in [0.2, 0.25) is 5.02 Å². The van der Waals surface area contributed by atoms with E-state index in [1.807, 2.05) is 42.5 Å². The van der Waals surface area contributed by atoms with Gasteiger partial charge >= 0.3 is 0 Å². The maximum Gasteiger partial charge on any atom is 0.255 e. The third-order valence-electron chi connectivity index (χ3n) is 4.37. The summed E-state index contributed by atoms with van der Waals surface area (Å²) in [6.07, 6.45) is 2.45. The van der Waals surface area contributed by atoms with Crippen LogP contribution in [0.3, 0.4) is 0 Å². The predicted octanol–water partition coefficient (Wildman–Crippen LogP) is 3.04. The van der Waals surface area contributed by atoms with Crippen molar-refractivity contribution in [3.05, 3.63) is 80.9 Å². The van der Waals surface area contributed by atoms with E-state index < -0.39 is 0 Å². The Bertz CT molecular complexity index is 938. The minimum absolute atomic E-state index is 0.0774. The van der Waals surface area contributed by atoms with E-state index in [1.165, 1.54) is 5.56 Å². The van der Waals surface area contributed by atoms with Gasteiger partial charge < -0.3 is 4.98 Å². The van der Waals surface area contributed by atoms with Gasteiger partial charge in [-0.05, 0) is 29.8 Å². The van der Waals surface area contributed by atoms with Gasteiger partial charge in [0.25, 0.3) is 5.56 Å². The molecule has 0 bridgehead atoms. The number of aromatic nitrogens is 3. The molecule has 1 N–H and O–H groups in total. The van der Waals surface area contributed by atoms with Gasteiger partial charge in [0.2, 0.25) is 0 Å². The summed E-state index contributed by atoms with van der Waals surface area (Å²) in [7, 11) is 0. The quantitative estimate of drug-likeness (QED) is 0.787. The van der Waals surface area contributed by atoms with Gasteiger partial charge in [0.1, 0.15) is 5.69 Å². The molecule has 1 aromatic carbocycles. The molecule has 0 amide bonds. The smallest absolute Gasteiger partial charge is 0.255 e. The SMILES string of the molecule is O=c1[nH]c(-c2ccccn2)nc2c1CN(Cc1ccc(Cl)cc1)CC2. The highest BCUT2D eigenvalue weighted by Crippen LogP contribution is 2.19. The van der Waals surface area contributed by atoms with E-state index in [2.05, 4.69) is 19.9 Å². The molecular formula is C19H17ClN4O. The Hall–Kier alpha value is -2.50. The highest BCUT2D eigenvalue weighted by atomic mass is 35.5. The second kappa shape index (κ2) is 6.78. The van der Waals surface area contributed by atoms with Crippen molar-refractivity contribution in [2.45, 2.75) is 19.5 Å². The van der Waals surface area contributed by atoms with Crippen LogP contribution in [0.4, 0.5) is 0 Å². The molecule has 0 saturated heterocycles. The maximum absolute atomic E-state index is 12.5. The summed E-state index contributed by atoms with van der Waals surface area (Å²) in [6, 6.07) is 13.4. The molecule has 1 aliphatic rings. The lowest BCUT2D eigenvalue weighted by Gasteiger charge is -2.27. The standard InChI is InChI=1S/C19H17ClN4O/c20-14-6-4-13(5-7-14)11-24-10-8-16-15(12-24)19(25)23-18(22-16)17-3-1-2-9-21-17/h1-7,9H,8,10-12H2,(H,22,23,25). The lowest BCUT2D eigenvalue weighted by molar-refractivity contribution is 0.242. The molecule has 0 fully saturated rings. The van der Waals surface area contributed by atoms with Gasteiger partial charge in [-0.1, -0.05) is 29.8 Å². The number of halogens is 1. The van der Waals surface area contributed by atoms with Crippen molar-refractivity contribution >= 4 is 11.6 Å². The number of rotatable bonds is 3. The summed E-state index contributed by atoms with van der Waals surface area (Å²) in [5.41, 5.74) is 3.41. The van der Waals surface area contributed by atoms with Crippen LogP contribution in [0.15, 0.2) is 53.5 Å². The molecule has 6 heteroatoms. The van der Waals surface area contributed by atoms with Crippen molar-refractivity contribution in [2.24, 2.45) is 0 Å². The van der Waals surface area contributed by atoms with E-state index in [0.717, 1.165) is 35.8 Å². The highest BCUT2D eigenvalue weighted by molar-refractivity contribution is 6.30. The average molecular weight is 353 g/mol. The van der Waals surface area contributed by atoms with Crippen molar-refractivity contribution in [3.8, 4) is 11.5 Å². The second-order valence-corrected chi connectivity index (χ2v) is 6.58. The van der Waals surface area contributed by atoms with E-state index in [-0.39, 0.29) is 5.56 Å². The molecule has 0 unspecified atom stereocenters. The first-order valence-electron chi connectivity index (χ1n) is 8.19. The van der Waals surface area contributed by atoms with E-state index in [0.29, 0.717) is 18.1 Å². The molecule has 0 atom stereocenters. The number of H-pyrrole nitrogens is 1. The number of benzene rings is 1. The van der Waals surface area contributed by atoms with Gasteiger partial charge in [-0.15, -0.1) is 0 Å². The van der Waals surface area contributed by atoms with Gasteiger partial charge in [-0.2, -0.15) is 0 Å². The third kappa shape index (κ3) is 3.48. The van der Waals surface area contributed by atoms with Crippen LogP contribution in [-0.2, 0) is 19.5 Å². The highest BCUT2D eigenvalue weighted by Gasteiger charge is 2.21. The normalized spacial score (nSPS) is 14.3. The molecule has 0 aliphatic carbocycles. The van der Waals surface area contributed by atoms with Crippen molar-refractivity contribution in [3.63, 3.8) is 0 Å². The Balaban J connectivity index is 1.57. The maximum atomic E-state index is 12.5. The molecule has 0 saturated carbocycles. The molecule has 1 aliphatic heterocycles. The lowest BCUT2D eigenvalue weighted by Crippen LogP contribution is -2.35. The monoisotopic (exact) mass is 352 g/mol. The fourth-order valence-corrected chi connectivity index (χ4v) is 3.21. The minimum atomic E-state index is -0.0774. The summed E-state index contributed by atoms with van der Waals surface area (Å²) in [6.45, 7) is 2.26. The van der Waals surface area contributed by atoms with E-state index in [4.69, 9.17) is 11.6 Å². The lowest BCUT2D eigenvalue weighted by atomic mass is 10.1. The molecular weight excluding hydrogens is 336 g/mol. The Kier molecular flexibility index (Phi) is 4.34. The number of nitrogens with zero attached hydrogens (tertiary/aromatic N) is 3. The summed E-state index contributed by atoms with van der Waals surface area (Å²) in [5.74, 6) is 0.538. The zero-order valence-electron chi connectivity index (χ0n) is 13.6. The van der Waals surface area contributed by atoms with Crippen LogP contribution in [0.5, 0.6) is 0 Å². The Labute approximate surface area is 150 Å². The number of nitrogens with one attached hydrogen (secondary N) is 1. The summed E-state index contributed by atoms with van der Waals surface area (Å²) < 4.78 is 0. The summed E-state index contributed by atoms with van der Waals surface area (Å²) in [4.78, 5) is 26.6. The Morgan fingerprint density at radius 1 is 1.16 bits per heavy atom. The van der Waals surface area contributed by atoms with Crippen molar-refractivity contribution in [1.29, 1.82) is 0 Å². The Morgan fingerprint density at radius 3 is 2.76 bits per heavy atom. The zero-order valence-corrected chi connectivity index (χ0v) is 14.3. The number of hydrogen-bond donors (Lipinski definition) is 1. The molecule has 25 heavy (non-hydrogen) atoms. The van der Waals surface area contributed by atoms with Gasteiger partial charge in [-0.3, -0.25) is 14.7 Å². The number of fused-ring (bicyclic) bond motifs is 1. The van der Waals surface area contributed by atoms with Gasteiger partial charge in [-0.25, -0.2) is 4.98 Å². The predicted molar refractivity (Wildman–Crippen MR) is 97.4 cm³/mol. The van der Waals surface area contributed by atoms with Crippen LogP contribution in [0.1, 0.15) is 16.8 Å². The van der Waals surface area contributed by atoms with Crippen LogP contribution >= 0.6 is 11.6 Å². The van der Waals surface area contributed by atoms with Crippen LogP contribution < -0.4 is 5.56 Å². The van der Waals surface area contributed by atoms with Gasteiger partial charge in [0.05, 0.1) is 11.3 Å². The molecule has 4 rings (SSSR count). The zero-order chi connectivity index (χ0) is 17.2. The fraction of sp³-hybridized carbons (Fsp3) is 0.211. The van der Waals surface area contributed by atoms with Gasteiger partial charge in [0, 0.05) is 37.3 Å². The van der Waals surface area contributed by atoms with E-state index in [1.54, 1.807) is 6.20 Å². The summed E-state index contributed by atoms with van der Waals surface area (Å²) in [5, 5.41) is 0.732. The first-order chi connectivity index (χ1) is 12.2. The molecule has 2 aromatic heterocycles. The number of hydrogen-bond acceptors (Lipinski definition) is 4. The molecule has 126 valence electrons. The largest absolute Gasteiger partial charge is 0.305 e. The van der Waals surface area contributed by atoms with E-state index >= 15 is 0 Å². The Morgan fingerprint density at radius 2 is 2.00 bits per heavy atom. The van der Waals surface area contributed by atoms with Crippen molar-refractivity contribution in [2.75, 3.05) is 6.54 Å². The van der Waals surface area contributed by atoms with Crippen molar-refractivity contribution < 1.29 is 0 Å². The van der Waals surface area contributed by atoms with Gasteiger partial charge in [0.15, 0.2) is 5.82 Å². The molecule has 0 radical (unpaired) electrons. The molecule has 3 aromatic rings. The topological polar surface area (TPSA) is 61.9 Å². The second-order valence-electron chi connectivity index (χ2n) is 6.14. The first kappa shape index (κ1) is 16.0. The molecule has 0 spiro atoms. The van der Waals surface area contributed by atoms with Crippen molar-refractivity contribution in [1.82, 2.24) is 19.9 Å². The molecule has 3 heterocycles. The average Bonchev–Trinajstić information content (AvgIpc) is 2.65. The minimum Gasteiger partial charge on any atom is -0.305 e. The first-order valence-corrected chi connectivity index (χ1v) is 8.57.